The lowest BCUT2D eigenvalue weighted by Gasteiger charge is -2.38. The molecule has 1 atom stereocenters. The van der Waals surface area contributed by atoms with E-state index in [1.54, 1.807) is 7.11 Å². The average Bonchev–Trinajstić information content (AvgIpc) is 2.41. The Morgan fingerprint density at radius 1 is 1.24 bits per heavy atom. The van der Waals surface area contributed by atoms with Crippen LogP contribution in [0.25, 0.3) is 0 Å². The van der Waals surface area contributed by atoms with Crippen molar-refractivity contribution in [3.8, 4) is 0 Å². The highest BCUT2D eigenvalue weighted by Crippen LogP contribution is 2.26. The van der Waals surface area contributed by atoms with Gasteiger partial charge in [-0.15, -0.1) is 0 Å². The lowest BCUT2D eigenvalue weighted by atomic mass is 9.85. The molecule has 0 amide bonds. The Bertz CT molecular complexity index is 301. The Morgan fingerprint density at radius 3 is 2.24 bits per heavy atom. The predicted molar refractivity (Wildman–Crippen MR) is 71.6 cm³/mol. The van der Waals surface area contributed by atoms with Crippen LogP contribution in [-0.2, 0) is 11.2 Å². The summed E-state index contributed by atoms with van der Waals surface area (Å²) in [6.07, 6.45) is 2.77. The number of hydrogen-bond donors (Lipinski definition) is 2. The molecular weight excluding hydrogens is 212 g/mol. The van der Waals surface area contributed by atoms with Crippen molar-refractivity contribution in [2.75, 3.05) is 7.11 Å². The summed E-state index contributed by atoms with van der Waals surface area (Å²) in [5.74, 6) is 5.70. The molecule has 3 N–H and O–H groups in total. The fourth-order valence-electron chi connectivity index (χ4n) is 2.42. The molecule has 0 aliphatic rings. The summed E-state index contributed by atoms with van der Waals surface area (Å²) in [5, 5.41) is 0. The molecule has 1 rings (SSSR count). The van der Waals surface area contributed by atoms with Crippen LogP contribution in [0.3, 0.4) is 0 Å². The van der Waals surface area contributed by atoms with Crippen molar-refractivity contribution in [3.05, 3.63) is 35.9 Å². The summed E-state index contributed by atoms with van der Waals surface area (Å²) in [6.45, 7) is 4.28. The van der Waals surface area contributed by atoms with E-state index < -0.39 is 0 Å². The van der Waals surface area contributed by atoms with Crippen LogP contribution >= 0.6 is 0 Å². The van der Waals surface area contributed by atoms with Gasteiger partial charge in [-0.1, -0.05) is 44.2 Å². The second kappa shape index (κ2) is 6.74. The summed E-state index contributed by atoms with van der Waals surface area (Å²) < 4.78 is 5.72. The third-order valence-electron chi connectivity index (χ3n) is 3.72. The Balaban J connectivity index is 2.83. The van der Waals surface area contributed by atoms with Gasteiger partial charge in [-0.3, -0.25) is 11.3 Å². The van der Waals surface area contributed by atoms with Crippen LogP contribution in [0.15, 0.2) is 30.3 Å². The number of ether oxygens (including phenoxy) is 1. The van der Waals surface area contributed by atoms with Crippen molar-refractivity contribution in [2.24, 2.45) is 5.84 Å². The summed E-state index contributed by atoms with van der Waals surface area (Å²) in [6, 6.07) is 10.5. The zero-order valence-corrected chi connectivity index (χ0v) is 11.1. The van der Waals surface area contributed by atoms with Gasteiger partial charge in [-0.25, -0.2) is 0 Å². The quantitative estimate of drug-likeness (QED) is 0.564. The van der Waals surface area contributed by atoms with Gasteiger partial charge in [0.1, 0.15) is 0 Å². The Hall–Kier alpha value is -0.900. The Labute approximate surface area is 104 Å². The first-order valence-electron chi connectivity index (χ1n) is 6.27. The van der Waals surface area contributed by atoms with Crippen LogP contribution in [0.2, 0.25) is 0 Å². The van der Waals surface area contributed by atoms with E-state index in [1.165, 1.54) is 5.56 Å². The van der Waals surface area contributed by atoms with Crippen LogP contribution in [0.4, 0.5) is 0 Å². The number of nitrogens with two attached hydrogens (primary N) is 1. The highest BCUT2D eigenvalue weighted by molar-refractivity contribution is 5.17. The molecule has 0 aromatic heterocycles. The molecule has 0 saturated carbocycles. The molecule has 96 valence electrons. The standard InChI is InChI=1S/C14H24N2O/c1-4-14(5-2,17-3)13(16-15)11-12-9-7-6-8-10-12/h6-10,13,16H,4-5,11,15H2,1-3H3. The van der Waals surface area contributed by atoms with Crippen molar-refractivity contribution in [3.63, 3.8) is 0 Å². The molecule has 3 heteroatoms. The van der Waals surface area contributed by atoms with E-state index in [0.29, 0.717) is 0 Å². The Kier molecular flexibility index (Phi) is 5.62. The van der Waals surface area contributed by atoms with Crippen LogP contribution in [-0.4, -0.2) is 18.8 Å². The van der Waals surface area contributed by atoms with Gasteiger partial charge in [0.15, 0.2) is 0 Å². The van der Waals surface area contributed by atoms with Gasteiger partial charge in [0.05, 0.1) is 11.6 Å². The van der Waals surface area contributed by atoms with Gasteiger partial charge >= 0.3 is 0 Å². The highest BCUT2D eigenvalue weighted by atomic mass is 16.5. The highest BCUT2D eigenvalue weighted by Gasteiger charge is 2.35. The van der Waals surface area contributed by atoms with E-state index in [1.807, 2.05) is 6.07 Å². The van der Waals surface area contributed by atoms with E-state index in [2.05, 4.69) is 43.5 Å². The molecule has 0 spiro atoms. The van der Waals surface area contributed by atoms with Crippen LogP contribution in [0.5, 0.6) is 0 Å². The van der Waals surface area contributed by atoms with Crippen molar-refractivity contribution in [1.29, 1.82) is 0 Å². The maximum atomic E-state index is 5.72. The van der Waals surface area contributed by atoms with E-state index in [0.717, 1.165) is 19.3 Å². The van der Waals surface area contributed by atoms with E-state index in [-0.39, 0.29) is 11.6 Å². The van der Waals surface area contributed by atoms with E-state index >= 15 is 0 Å². The molecule has 0 saturated heterocycles. The number of benzene rings is 1. The zero-order valence-electron chi connectivity index (χ0n) is 11.1. The predicted octanol–water partition coefficient (Wildman–Crippen LogP) is 2.27. The first-order chi connectivity index (χ1) is 8.22. The molecule has 3 nitrogen and oxygen atoms in total. The van der Waals surface area contributed by atoms with Crippen LogP contribution < -0.4 is 11.3 Å². The largest absolute Gasteiger partial charge is 0.377 e. The van der Waals surface area contributed by atoms with Crippen LogP contribution in [0, 0.1) is 0 Å². The third kappa shape index (κ3) is 3.28. The molecule has 0 fully saturated rings. The molecule has 0 heterocycles. The molecule has 0 radical (unpaired) electrons. The van der Waals surface area contributed by atoms with E-state index in [9.17, 15) is 0 Å². The number of rotatable bonds is 7. The summed E-state index contributed by atoms with van der Waals surface area (Å²) in [4.78, 5) is 0. The number of methoxy groups -OCH3 is 1. The zero-order chi connectivity index (χ0) is 12.7. The van der Waals surface area contributed by atoms with E-state index in [4.69, 9.17) is 10.6 Å². The van der Waals surface area contributed by atoms with Gasteiger partial charge in [-0.05, 0) is 24.8 Å². The van der Waals surface area contributed by atoms with Gasteiger partial charge < -0.3 is 4.74 Å². The van der Waals surface area contributed by atoms with Gasteiger partial charge in [-0.2, -0.15) is 0 Å². The first-order valence-corrected chi connectivity index (χ1v) is 6.27. The maximum absolute atomic E-state index is 5.72. The minimum atomic E-state index is -0.190. The smallest absolute Gasteiger partial charge is 0.0842 e. The summed E-state index contributed by atoms with van der Waals surface area (Å²) in [7, 11) is 1.77. The molecule has 1 aromatic carbocycles. The second-order valence-electron chi connectivity index (χ2n) is 4.38. The van der Waals surface area contributed by atoms with Crippen LogP contribution in [0.1, 0.15) is 32.3 Å². The molecule has 1 unspecified atom stereocenters. The average molecular weight is 236 g/mol. The first kappa shape index (κ1) is 14.2. The SMILES string of the molecule is CCC(CC)(OC)C(Cc1ccccc1)NN. The van der Waals surface area contributed by atoms with Gasteiger partial charge in [0.2, 0.25) is 0 Å². The lowest BCUT2D eigenvalue weighted by molar-refractivity contribution is -0.0473. The topological polar surface area (TPSA) is 47.3 Å². The third-order valence-corrected chi connectivity index (χ3v) is 3.72. The van der Waals surface area contributed by atoms with Gasteiger partial charge in [0.25, 0.3) is 0 Å². The number of nitrogens with one attached hydrogen (secondary N) is 1. The minimum absolute atomic E-state index is 0.130. The fourth-order valence-corrected chi connectivity index (χ4v) is 2.42. The molecular formula is C14H24N2O. The van der Waals surface area contributed by atoms with Gasteiger partial charge in [0, 0.05) is 7.11 Å². The fraction of sp³-hybridized carbons (Fsp3) is 0.571. The maximum Gasteiger partial charge on any atom is 0.0842 e. The summed E-state index contributed by atoms with van der Waals surface area (Å²) in [5.41, 5.74) is 4.01. The lowest BCUT2D eigenvalue weighted by Crippen LogP contribution is -2.55. The second-order valence-corrected chi connectivity index (χ2v) is 4.38. The molecule has 0 aliphatic carbocycles. The Morgan fingerprint density at radius 2 is 1.82 bits per heavy atom. The molecule has 1 aromatic rings. The molecule has 0 aliphatic heterocycles. The number of hydrogen-bond acceptors (Lipinski definition) is 3. The molecule has 17 heavy (non-hydrogen) atoms. The monoisotopic (exact) mass is 236 g/mol. The van der Waals surface area contributed by atoms with Crippen molar-refractivity contribution in [2.45, 2.75) is 44.8 Å². The van der Waals surface area contributed by atoms with Crippen molar-refractivity contribution in [1.82, 2.24) is 5.43 Å². The van der Waals surface area contributed by atoms with Crippen molar-refractivity contribution < 1.29 is 4.74 Å². The summed E-state index contributed by atoms with van der Waals surface area (Å²) >= 11 is 0. The normalized spacial score (nSPS) is 13.6. The van der Waals surface area contributed by atoms with Crippen molar-refractivity contribution >= 4 is 0 Å². The minimum Gasteiger partial charge on any atom is -0.377 e. The number of hydrazine groups is 1. The molecule has 0 bridgehead atoms.